The molecule has 146 valence electrons. The van der Waals surface area contributed by atoms with Crippen molar-refractivity contribution >= 4 is 34.5 Å². The van der Waals surface area contributed by atoms with Gasteiger partial charge in [0.05, 0.1) is 12.7 Å². The first-order chi connectivity index (χ1) is 13.1. The maximum absolute atomic E-state index is 12.6. The van der Waals surface area contributed by atoms with E-state index < -0.39 is 0 Å². The average Bonchev–Trinajstić information content (AvgIpc) is 3.12. The molecule has 1 aromatic carbocycles. The lowest BCUT2D eigenvalue weighted by atomic mass is 10.1. The zero-order valence-electron chi connectivity index (χ0n) is 16.2. The van der Waals surface area contributed by atoms with E-state index in [9.17, 15) is 9.59 Å². The van der Waals surface area contributed by atoms with Gasteiger partial charge in [-0.05, 0) is 25.2 Å². The summed E-state index contributed by atoms with van der Waals surface area (Å²) in [6, 6.07) is 5.52. The maximum Gasteiger partial charge on any atom is 0.337 e. The van der Waals surface area contributed by atoms with Crippen LogP contribution in [0.2, 0.25) is 0 Å². The molecule has 1 saturated heterocycles. The molecule has 6 nitrogen and oxygen atoms in total. The fourth-order valence-corrected chi connectivity index (χ4v) is 4.80. The molecular weight excluding hydrogens is 362 g/mol. The van der Waals surface area contributed by atoms with E-state index in [2.05, 4.69) is 23.7 Å². The van der Waals surface area contributed by atoms with Crippen molar-refractivity contribution in [3.63, 3.8) is 0 Å². The van der Waals surface area contributed by atoms with E-state index in [1.165, 1.54) is 7.11 Å². The number of fused-ring (bicyclic) bond motifs is 1. The Morgan fingerprint density at radius 2 is 2.15 bits per heavy atom. The minimum atomic E-state index is -0.351. The number of hydrogen-bond acceptors (Lipinski definition) is 5. The number of aromatic nitrogens is 1. The van der Waals surface area contributed by atoms with Gasteiger partial charge in [-0.2, -0.15) is 0 Å². The van der Waals surface area contributed by atoms with Gasteiger partial charge >= 0.3 is 5.97 Å². The van der Waals surface area contributed by atoms with Gasteiger partial charge in [-0.15, -0.1) is 11.8 Å². The van der Waals surface area contributed by atoms with Crippen LogP contribution in [0.5, 0.6) is 0 Å². The number of carbonyl (C=O) groups excluding carboxylic acids is 2. The lowest BCUT2D eigenvalue weighted by molar-refractivity contribution is -0.132. The summed E-state index contributed by atoms with van der Waals surface area (Å²) in [7, 11) is 1.38. The smallest absolute Gasteiger partial charge is 0.337 e. The third-order valence-corrected chi connectivity index (χ3v) is 6.41. The summed E-state index contributed by atoms with van der Waals surface area (Å²) in [5.41, 5.74) is 2.50. The SMILES string of the molecule is CCN(CC)CCN1C(=O)CCSC1c1c[nH]c2cc(C(=O)OC)ccc12. The van der Waals surface area contributed by atoms with Crippen molar-refractivity contribution in [2.75, 3.05) is 39.0 Å². The largest absolute Gasteiger partial charge is 0.465 e. The number of thioether (sulfide) groups is 1. The summed E-state index contributed by atoms with van der Waals surface area (Å²) >= 11 is 1.80. The van der Waals surface area contributed by atoms with E-state index in [0.29, 0.717) is 12.0 Å². The minimum Gasteiger partial charge on any atom is -0.465 e. The molecule has 1 aliphatic heterocycles. The van der Waals surface area contributed by atoms with E-state index in [0.717, 1.165) is 48.4 Å². The molecule has 1 N–H and O–H groups in total. The van der Waals surface area contributed by atoms with Crippen molar-refractivity contribution in [3.05, 3.63) is 35.5 Å². The van der Waals surface area contributed by atoms with Gasteiger partial charge in [-0.25, -0.2) is 4.79 Å². The van der Waals surface area contributed by atoms with Crippen LogP contribution in [0.4, 0.5) is 0 Å². The normalized spacial score (nSPS) is 17.7. The van der Waals surface area contributed by atoms with E-state index in [1.54, 1.807) is 23.9 Å². The average molecular weight is 390 g/mol. The molecule has 3 rings (SSSR count). The number of carbonyl (C=O) groups is 2. The van der Waals surface area contributed by atoms with Crippen LogP contribution in [0, 0.1) is 0 Å². The summed E-state index contributed by atoms with van der Waals surface area (Å²) in [5, 5.41) is 1.04. The first-order valence-corrected chi connectivity index (χ1v) is 10.5. The number of esters is 1. The molecule has 1 aromatic heterocycles. The van der Waals surface area contributed by atoms with Gasteiger partial charge in [0.15, 0.2) is 0 Å². The predicted molar refractivity (Wildman–Crippen MR) is 109 cm³/mol. The zero-order valence-corrected chi connectivity index (χ0v) is 17.0. The summed E-state index contributed by atoms with van der Waals surface area (Å²) in [4.78, 5) is 32.0. The van der Waals surface area contributed by atoms with Crippen LogP contribution < -0.4 is 0 Å². The van der Waals surface area contributed by atoms with Crippen LogP contribution in [-0.4, -0.2) is 65.7 Å². The fraction of sp³-hybridized carbons (Fsp3) is 0.500. The summed E-state index contributed by atoms with van der Waals surface area (Å²) < 4.78 is 4.80. The molecular formula is C20H27N3O3S. The van der Waals surface area contributed by atoms with Gasteiger partial charge < -0.3 is 19.5 Å². The predicted octanol–water partition coefficient (Wildman–Crippen LogP) is 3.26. The number of ether oxygens (including phenoxy) is 1. The topological polar surface area (TPSA) is 65.6 Å². The van der Waals surface area contributed by atoms with Crippen molar-refractivity contribution in [2.24, 2.45) is 0 Å². The Balaban J connectivity index is 1.87. The molecule has 1 unspecified atom stereocenters. The van der Waals surface area contributed by atoms with Gasteiger partial charge in [0.2, 0.25) is 5.91 Å². The molecule has 0 saturated carbocycles. The number of hydrogen-bond donors (Lipinski definition) is 1. The number of nitrogens with one attached hydrogen (secondary N) is 1. The molecule has 1 amide bonds. The van der Waals surface area contributed by atoms with Crippen molar-refractivity contribution in [1.82, 2.24) is 14.8 Å². The molecule has 0 aliphatic carbocycles. The Kier molecular flexibility index (Phi) is 6.44. The highest BCUT2D eigenvalue weighted by atomic mass is 32.2. The van der Waals surface area contributed by atoms with Crippen molar-refractivity contribution in [1.29, 1.82) is 0 Å². The van der Waals surface area contributed by atoms with Gasteiger partial charge in [0, 0.05) is 47.9 Å². The molecule has 7 heteroatoms. The molecule has 0 bridgehead atoms. The van der Waals surface area contributed by atoms with Gasteiger partial charge in [0.1, 0.15) is 5.37 Å². The summed E-state index contributed by atoms with van der Waals surface area (Å²) in [5.74, 6) is 0.695. The number of aromatic amines is 1. The molecule has 0 spiro atoms. The van der Waals surface area contributed by atoms with E-state index >= 15 is 0 Å². The minimum absolute atomic E-state index is 0.000427. The second-order valence-corrected chi connectivity index (χ2v) is 7.77. The van der Waals surface area contributed by atoms with Crippen LogP contribution in [0.15, 0.2) is 24.4 Å². The molecule has 1 atom stereocenters. The maximum atomic E-state index is 12.6. The van der Waals surface area contributed by atoms with Crippen molar-refractivity contribution in [2.45, 2.75) is 25.6 Å². The van der Waals surface area contributed by atoms with Crippen LogP contribution in [0.25, 0.3) is 10.9 Å². The van der Waals surface area contributed by atoms with Crippen LogP contribution >= 0.6 is 11.8 Å². The Labute approximate surface area is 164 Å². The number of H-pyrrole nitrogens is 1. The lowest BCUT2D eigenvalue weighted by Gasteiger charge is -2.36. The van der Waals surface area contributed by atoms with Crippen LogP contribution in [0.1, 0.15) is 41.6 Å². The van der Waals surface area contributed by atoms with Crippen molar-refractivity contribution < 1.29 is 14.3 Å². The molecule has 27 heavy (non-hydrogen) atoms. The number of nitrogens with zero attached hydrogens (tertiary/aromatic N) is 2. The Morgan fingerprint density at radius 1 is 1.37 bits per heavy atom. The van der Waals surface area contributed by atoms with Gasteiger partial charge in [-0.1, -0.05) is 19.9 Å². The lowest BCUT2D eigenvalue weighted by Crippen LogP contribution is -2.42. The van der Waals surface area contributed by atoms with E-state index in [4.69, 9.17) is 4.74 Å². The standard InChI is InChI=1S/C20H27N3O3S/c1-4-22(5-2)9-10-23-18(24)8-11-27-19(23)16-13-21-17-12-14(20(25)26-3)6-7-15(16)17/h6-7,12-13,19,21H,4-5,8-11H2,1-3H3. The number of amides is 1. The second-order valence-electron chi connectivity index (χ2n) is 6.58. The zero-order chi connectivity index (χ0) is 19.4. The first-order valence-electron chi connectivity index (χ1n) is 9.41. The number of benzene rings is 1. The van der Waals surface area contributed by atoms with Gasteiger partial charge in [-0.3, -0.25) is 4.79 Å². The summed E-state index contributed by atoms with van der Waals surface area (Å²) in [6.07, 6.45) is 2.56. The molecule has 1 fully saturated rings. The quantitative estimate of drug-likeness (QED) is 0.737. The summed E-state index contributed by atoms with van der Waals surface area (Å²) in [6.45, 7) is 7.87. The van der Waals surface area contributed by atoms with Crippen molar-refractivity contribution in [3.8, 4) is 0 Å². The Hall–Kier alpha value is -1.99. The highest BCUT2D eigenvalue weighted by Gasteiger charge is 2.31. The number of methoxy groups -OCH3 is 1. The molecule has 1 aliphatic rings. The van der Waals surface area contributed by atoms with E-state index in [1.807, 2.05) is 17.2 Å². The first kappa shape index (κ1) is 19.8. The number of rotatable bonds is 7. The van der Waals surface area contributed by atoms with Crippen LogP contribution in [-0.2, 0) is 9.53 Å². The fourth-order valence-electron chi connectivity index (χ4n) is 3.51. The Bertz CT molecular complexity index is 816. The highest BCUT2D eigenvalue weighted by molar-refractivity contribution is 7.99. The number of likely N-dealkylation sites (N-methyl/N-ethyl adjacent to an activating group) is 1. The highest BCUT2D eigenvalue weighted by Crippen LogP contribution is 2.40. The molecule has 0 radical (unpaired) electrons. The van der Waals surface area contributed by atoms with Gasteiger partial charge in [0.25, 0.3) is 0 Å². The third-order valence-electron chi connectivity index (χ3n) is 5.15. The van der Waals surface area contributed by atoms with E-state index in [-0.39, 0.29) is 17.3 Å². The third kappa shape index (κ3) is 4.14. The second kappa shape index (κ2) is 8.80. The Morgan fingerprint density at radius 3 is 2.85 bits per heavy atom. The monoisotopic (exact) mass is 389 g/mol. The molecule has 2 heterocycles. The van der Waals surface area contributed by atoms with Crippen LogP contribution in [0.3, 0.4) is 0 Å². The molecule has 2 aromatic rings.